The molecule has 1 spiro atoms. The molecule has 2 aliphatic rings. The van der Waals surface area contributed by atoms with Crippen LogP contribution in [0.3, 0.4) is 0 Å². The number of esters is 1. The second-order valence-electron chi connectivity index (χ2n) is 9.52. The number of benzene rings is 2. The van der Waals surface area contributed by atoms with Crippen molar-refractivity contribution >= 4 is 52.7 Å². The van der Waals surface area contributed by atoms with E-state index in [1.165, 1.54) is 30.2 Å². The van der Waals surface area contributed by atoms with E-state index in [2.05, 4.69) is 16.1 Å². The van der Waals surface area contributed by atoms with Gasteiger partial charge in [0.05, 0.1) is 31.0 Å². The van der Waals surface area contributed by atoms with Crippen LogP contribution in [0, 0.1) is 11.3 Å². The lowest BCUT2D eigenvalue weighted by Crippen LogP contribution is -2.54. The zero-order chi connectivity index (χ0) is 28.3. The standard InChI is InChI=1S/C27H27Cl2N5O5/c1-32-26(38)34(21-11-19(28)10-20(29)12-21)25(37)27(32)16-33(15-23(35)31-9-3-4-24(36)39-2)14-22(27)18-7-5-17(13-30)6-8-18/h5-8,10-12,22H,3-4,9,14-16H2,1-2H3,(H,31,35). The van der Waals surface area contributed by atoms with Crippen molar-refractivity contribution < 1.29 is 23.9 Å². The number of nitriles is 1. The Hall–Kier alpha value is -3.65. The van der Waals surface area contributed by atoms with Crippen molar-refractivity contribution in [2.75, 3.05) is 45.2 Å². The van der Waals surface area contributed by atoms with Gasteiger partial charge < -0.3 is 15.0 Å². The van der Waals surface area contributed by atoms with Crippen LogP contribution in [0.4, 0.5) is 10.5 Å². The first-order valence-corrected chi connectivity index (χ1v) is 13.0. The number of halogens is 2. The molecule has 4 rings (SSSR count). The van der Waals surface area contributed by atoms with Crippen molar-refractivity contribution in [2.24, 2.45) is 0 Å². The first-order valence-electron chi connectivity index (χ1n) is 12.2. The summed E-state index contributed by atoms with van der Waals surface area (Å²) in [6.45, 7) is 0.714. The van der Waals surface area contributed by atoms with Crippen molar-refractivity contribution in [2.45, 2.75) is 24.3 Å². The third kappa shape index (κ3) is 5.57. The van der Waals surface area contributed by atoms with Crippen LogP contribution in [-0.4, -0.2) is 79.5 Å². The Balaban J connectivity index is 1.62. The molecule has 0 radical (unpaired) electrons. The molecule has 2 aromatic carbocycles. The van der Waals surface area contributed by atoms with Crippen molar-refractivity contribution in [3.05, 3.63) is 63.6 Å². The van der Waals surface area contributed by atoms with Gasteiger partial charge in [0.15, 0.2) is 0 Å². The Morgan fingerprint density at radius 1 is 1.15 bits per heavy atom. The number of anilines is 1. The molecular weight excluding hydrogens is 545 g/mol. The lowest BCUT2D eigenvalue weighted by Gasteiger charge is -2.34. The van der Waals surface area contributed by atoms with Crippen LogP contribution >= 0.6 is 23.2 Å². The maximum Gasteiger partial charge on any atom is 0.332 e. The van der Waals surface area contributed by atoms with Gasteiger partial charge in [-0.25, -0.2) is 9.69 Å². The summed E-state index contributed by atoms with van der Waals surface area (Å²) in [5.41, 5.74) is 0.164. The number of nitrogens with zero attached hydrogens (tertiary/aromatic N) is 4. The molecule has 1 N–H and O–H groups in total. The Morgan fingerprint density at radius 3 is 2.44 bits per heavy atom. The molecule has 2 unspecified atom stereocenters. The van der Waals surface area contributed by atoms with Crippen molar-refractivity contribution in [3.8, 4) is 6.07 Å². The highest BCUT2D eigenvalue weighted by Crippen LogP contribution is 2.46. The van der Waals surface area contributed by atoms with Gasteiger partial charge in [-0.2, -0.15) is 5.26 Å². The van der Waals surface area contributed by atoms with Gasteiger partial charge in [0, 0.05) is 49.1 Å². The molecule has 2 fully saturated rings. The fourth-order valence-corrected chi connectivity index (χ4v) is 5.75. The minimum Gasteiger partial charge on any atom is -0.469 e. The minimum absolute atomic E-state index is 0.00887. The van der Waals surface area contributed by atoms with E-state index < -0.39 is 23.4 Å². The summed E-state index contributed by atoms with van der Waals surface area (Å²) in [5, 5.41) is 12.6. The van der Waals surface area contributed by atoms with Crippen LogP contribution in [0.1, 0.15) is 29.9 Å². The van der Waals surface area contributed by atoms with Crippen LogP contribution in [-0.2, 0) is 19.1 Å². The third-order valence-corrected chi connectivity index (χ3v) is 7.59. The van der Waals surface area contributed by atoms with Gasteiger partial charge in [-0.15, -0.1) is 0 Å². The number of rotatable bonds is 8. The summed E-state index contributed by atoms with van der Waals surface area (Å²) in [6, 6.07) is 12.9. The van der Waals surface area contributed by atoms with Crippen molar-refractivity contribution in [1.29, 1.82) is 5.26 Å². The quantitative estimate of drug-likeness (QED) is 0.293. The number of carbonyl (C=O) groups excluding carboxylic acids is 4. The summed E-state index contributed by atoms with van der Waals surface area (Å²) >= 11 is 12.3. The smallest absolute Gasteiger partial charge is 0.332 e. The summed E-state index contributed by atoms with van der Waals surface area (Å²) in [6.07, 6.45) is 0.623. The predicted octanol–water partition coefficient (Wildman–Crippen LogP) is 3.17. The summed E-state index contributed by atoms with van der Waals surface area (Å²) in [4.78, 5) is 56.0. The highest BCUT2D eigenvalue weighted by molar-refractivity contribution is 6.35. The normalized spacial score (nSPS) is 20.9. The number of nitrogens with one attached hydrogen (secondary N) is 1. The molecule has 39 heavy (non-hydrogen) atoms. The monoisotopic (exact) mass is 571 g/mol. The molecule has 0 saturated carbocycles. The summed E-state index contributed by atoms with van der Waals surface area (Å²) < 4.78 is 4.61. The number of methoxy groups -OCH3 is 1. The minimum atomic E-state index is -1.31. The Morgan fingerprint density at radius 2 is 1.82 bits per heavy atom. The number of likely N-dealkylation sites (tertiary alicyclic amines) is 1. The molecule has 12 heteroatoms. The van der Waals surface area contributed by atoms with Crippen molar-refractivity contribution in [3.63, 3.8) is 0 Å². The maximum absolute atomic E-state index is 14.2. The first-order chi connectivity index (χ1) is 18.6. The largest absolute Gasteiger partial charge is 0.469 e. The third-order valence-electron chi connectivity index (χ3n) is 7.15. The van der Waals surface area contributed by atoms with Gasteiger partial charge in [0.2, 0.25) is 5.91 Å². The lowest BCUT2D eigenvalue weighted by molar-refractivity contribution is -0.140. The van der Waals surface area contributed by atoms with Gasteiger partial charge >= 0.3 is 12.0 Å². The van der Waals surface area contributed by atoms with E-state index in [1.54, 1.807) is 31.3 Å². The van der Waals surface area contributed by atoms with E-state index in [9.17, 15) is 24.4 Å². The number of carbonyl (C=O) groups is 4. The predicted molar refractivity (Wildman–Crippen MR) is 144 cm³/mol. The molecule has 2 atom stereocenters. The lowest BCUT2D eigenvalue weighted by atomic mass is 9.80. The summed E-state index contributed by atoms with van der Waals surface area (Å²) in [5.74, 6) is -1.57. The molecular formula is C27H27Cl2N5O5. The fraction of sp³-hybridized carbons (Fsp3) is 0.370. The van der Waals surface area contributed by atoms with Gasteiger partial charge in [0.1, 0.15) is 5.54 Å². The number of amides is 4. The van der Waals surface area contributed by atoms with E-state index in [0.29, 0.717) is 25.1 Å². The van der Waals surface area contributed by atoms with Crippen LogP contribution in [0.2, 0.25) is 10.0 Å². The second-order valence-corrected chi connectivity index (χ2v) is 10.4. The van der Waals surface area contributed by atoms with Crippen LogP contribution < -0.4 is 10.2 Å². The Labute approximate surface area is 236 Å². The highest BCUT2D eigenvalue weighted by atomic mass is 35.5. The highest BCUT2D eigenvalue weighted by Gasteiger charge is 2.64. The zero-order valence-electron chi connectivity index (χ0n) is 21.4. The number of urea groups is 1. The topological polar surface area (TPSA) is 123 Å². The van der Waals surface area contributed by atoms with Gasteiger partial charge in [-0.3, -0.25) is 19.3 Å². The fourth-order valence-electron chi connectivity index (χ4n) is 5.24. The van der Waals surface area contributed by atoms with Gasteiger partial charge in [-0.1, -0.05) is 35.3 Å². The Bertz CT molecular complexity index is 1320. The SMILES string of the molecule is COC(=O)CCCNC(=O)CN1CC(c2ccc(C#N)cc2)C2(C1)C(=O)N(c1cc(Cl)cc(Cl)c1)C(=O)N2C. The molecule has 0 aromatic heterocycles. The molecule has 4 amide bonds. The number of hydrogen-bond acceptors (Lipinski definition) is 7. The molecule has 0 bridgehead atoms. The van der Waals surface area contributed by atoms with Crippen LogP contribution in [0.25, 0.3) is 0 Å². The van der Waals surface area contributed by atoms with E-state index in [0.717, 1.165) is 10.5 Å². The molecule has 0 aliphatic carbocycles. The van der Waals surface area contributed by atoms with Crippen molar-refractivity contribution in [1.82, 2.24) is 15.1 Å². The second kappa shape index (κ2) is 11.6. The first kappa shape index (κ1) is 28.4. The van der Waals surface area contributed by atoms with Crippen LogP contribution in [0.15, 0.2) is 42.5 Å². The number of imide groups is 1. The van der Waals surface area contributed by atoms with Gasteiger partial charge in [0.25, 0.3) is 5.91 Å². The molecule has 204 valence electrons. The molecule has 2 aromatic rings. The average molecular weight is 572 g/mol. The molecule has 2 saturated heterocycles. The summed E-state index contributed by atoms with van der Waals surface area (Å²) in [7, 11) is 2.88. The van der Waals surface area contributed by atoms with E-state index in [1.807, 2.05) is 4.90 Å². The number of ether oxygens (including phenoxy) is 1. The number of hydrogen-bond donors (Lipinski definition) is 1. The van der Waals surface area contributed by atoms with E-state index in [-0.39, 0.29) is 47.1 Å². The molecule has 10 nitrogen and oxygen atoms in total. The Kier molecular flexibility index (Phi) is 8.45. The van der Waals surface area contributed by atoms with Crippen LogP contribution in [0.5, 0.6) is 0 Å². The van der Waals surface area contributed by atoms with Gasteiger partial charge in [-0.05, 0) is 42.3 Å². The van der Waals surface area contributed by atoms with E-state index >= 15 is 0 Å². The number of likely N-dealkylation sites (N-methyl/N-ethyl adjacent to an activating group) is 1. The van der Waals surface area contributed by atoms with E-state index in [4.69, 9.17) is 23.2 Å². The zero-order valence-corrected chi connectivity index (χ0v) is 23.0. The molecule has 2 aliphatic heterocycles. The maximum atomic E-state index is 14.2. The molecule has 2 heterocycles. The average Bonchev–Trinajstić information content (AvgIpc) is 3.37.